The maximum atomic E-state index is 5.87. The first kappa shape index (κ1) is 10.9. The molecule has 0 heterocycles. The average molecular weight is 159 g/mol. The molecule has 0 saturated carbocycles. The van der Waals surface area contributed by atoms with Crippen LogP contribution in [0.5, 0.6) is 0 Å². The molecule has 1 atom stereocenters. The van der Waals surface area contributed by atoms with Gasteiger partial charge in [0.2, 0.25) is 0 Å². The Kier molecular flexibility index (Phi) is 4.69. The molecule has 0 fully saturated rings. The van der Waals surface area contributed by atoms with Crippen molar-refractivity contribution in [2.45, 2.75) is 40.2 Å². The molecule has 11 heavy (non-hydrogen) atoms. The van der Waals surface area contributed by atoms with Gasteiger partial charge >= 0.3 is 0 Å². The number of nitrogens with two attached hydrogens (primary N) is 1. The van der Waals surface area contributed by atoms with Crippen LogP contribution in [0.1, 0.15) is 34.1 Å². The van der Waals surface area contributed by atoms with Crippen molar-refractivity contribution in [3.05, 3.63) is 0 Å². The molecule has 0 spiro atoms. The first-order valence-corrected chi connectivity index (χ1v) is 4.31. The van der Waals surface area contributed by atoms with Crippen molar-refractivity contribution in [1.29, 1.82) is 0 Å². The number of hydrogen-bond acceptors (Lipinski definition) is 2. The van der Waals surface area contributed by atoms with Crippen molar-refractivity contribution >= 4 is 0 Å². The summed E-state index contributed by atoms with van der Waals surface area (Å²) in [5.74, 6) is 0. The van der Waals surface area contributed by atoms with Gasteiger partial charge in [0, 0.05) is 12.6 Å². The average Bonchev–Trinajstić information content (AvgIpc) is 1.86. The largest absolute Gasteiger partial charge is 0.380 e. The van der Waals surface area contributed by atoms with Crippen LogP contribution in [0.4, 0.5) is 0 Å². The normalized spacial score (nSPS) is 15.0. The summed E-state index contributed by atoms with van der Waals surface area (Å²) in [6.07, 6.45) is 1.07. The van der Waals surface area contributed by atoms with Gasteiger partial charge in [-0.2, -0.15) is 0 Å². The van der Waals surface area contributed by atoms with Crippen molar-refractivity contribution in [3.63, 3.8) is 0 Å². The maximum absolute atomic E-state index is 5.87. The Morgan fingerprint density at radius 1 is 1.36 bits per heavy atom. The molecule has 0 aliphatic carbocycles. The molecule has 2 nitrogen and oxygen atoms in total. The Balaban J connectivity index is 3.44. The van der Waals surface area contributed by atoms with Gasteiger partial charge in [-0.05, 0) is 11.8 Å². The highest BCUT2D eigenvalue weighted by Gasteiger charge is 2.19. The molecule has 0 aromatic carbocycles. The molecule has 0 aromatic heterocycles. The molecule has 0 amide bonds. The van der Waals surface area contributed by atoms with Gasteiger partial charge in [-0.25, -0.2) is 0 Å². The van der Waals surface area contributed by atoms with Crippen LogP contribution in [0.3, 0.4) is 0 Å². The molecular weight excluding hydrogens is 138 g/mol. The molecule has 2 N–H and O–H groups in total. The summed E-state index contributed by atoms with van der Waals surface area (Å²) in [4.78, 5) is 0. The van der Waals surface area contributed by atoms with Crippen LogP contribution in [0, 0.1) is 5.41 Å². The zero-order valence-corrected chi connectivity index (χ0v) is 8.18. The molecule has 1 unspecified atom stereocenters. The zero-order valence-electron chi connectivity index (χ0n) is 8.18. The number of hydrogen-bond donors (Lipinski definition) is 1. The summed E-state index contributed by atoms with van der Waals surface area (Å²) < 4.78 is 5.35. The van der Waals surface area contributed by atoms with E-state index in [-0.39, 0.29) is 11.5 Å². The lowest BCUT2D eigenvalue weighted by Crippen LogP contribution is -2.39. The molecule has 0 aliphatic rings. The fourth-order valence-corrected chi connectivity index (χ4v) is 0.605. The van der Waals surface area contributed by atoms with Crippen molar-refractivity contribution in [1.82, 2.24) is 0 Å². The van der Waals surface area contributed by atoms with Crippen LogP contribution in [0.25, 0.3) is 0 Å². The third kappa shape index (κ3) is 5.22. The van der Waals surface area contributed by atoms with Gasteiger partial charge in [0.25, 0.3) is 0 Å². The van der Waals surface area contributed by atoms with Gasteiger partial charge in [-0.1, -0.05) is 27.7 Å². The Morgan fingerprint density at radius 2 is 1.91 bits per heavy atom. The summed E-state index contributed by atoms with van der Waals surface area (Å²) in [6, 6.07) is 0.147. The third-order valence-corrected chi connectivity index (χ3v) is 1.76. The maximum Gasteiger partial charge on any atom is 0.0622 e. The Morgan fingerprint density at radius 3 is 2.27 bits per heavy atom. The second-order valence-corrected chi connectivity index (χ2v) is 4.05. The summed E-state index contributed by atoms with van der Waals surface area (Å²) in [6.45, 7) is 10.00. The summed E-state index contributed by atoms with van der Waals surface area (Å²) in [5.41, 5.74) is 6.03. The van der Waals surface area contributed by atoms with E-state index in [1.54, 1.807) is 0 Å². The fourth-order valence-electron chi connectivity index (χ4n) is 0.605. The van der Waals surface area contributed by atoms with Gasteiger partial charge in [-0.15, -0.1) is 0 Å². The fraction of sp³-hybridized carbons (Fsp3) is 1.00. The zero-order chi connectivity index (χ0) is 8.91. The lowest BCUT2D eigenvalue weighted by Gasteiger charge is -2.26. The molecule has 0 aliphatic heterocycles. The molecule has 0 rings (SSSR count). The lowest BCUT2D eigenvalue weighted by molar-refractivity contribution is 0.0907. The first-order chi connectivity index (χ1) is 4.98. The van der Waals surface area contributed by atoms with E-state index in [2.05, 4.69) is 27.7 Å². The predicted molar refractivity (Wildman–Crippen MR) is 48.5 cm³/mol. The van der Waals surface area contributed by atoms with Crippen LogP contribution in [0.15, 0.2) is 0 Å². The quantitative estimate of drug-likeness (QED) is 0.635. The van der Waals surface area contributed by atoms with Crippen molar-refractivity contribution in [2.75, 3.05) is 13.2 Å². The molecule has 2 heteroatoms. The second kappa shape index (κ2) is 4.73. The van der Waals surface area contributed by atoms with E-state index in [1.807, 2.05) is 0 Å². The van der Waals surface area contributed by atoms with E-state index >= 15 is 0 Å². The topological polar surface area (TPSA) is 35.2 Å². The minimum atomic E-state index is 0.147. The Bertz CT molecular complexity index is 96.2. The monoisotopic (exact) mass is 159 g/mol. The van der Waals surface area contributed by atoms with E-state index in [1.165, 1.54) is 0 Å². The summed E-state index contributed by atoms with van der Waals surface area (Å²) >= 11 is 0. The molecule has 0 saturated heterocycles. The van der Waals surface area contributed by atoms with Crippen LogP contribution in [-0.2, 0) is 4.74 Å². The minimum Gasteiger partial charge on any atom is -0.380 e. The highest BCUT2D eigenvalue weighted by Crippen LogP contribution is 2.17. The van der Waals surface area contributed by atoms with Crippen molar-refractivity contribution in [3.8, 4) is 0 Å². The van der Waals surface area contributed by atoms with E-state index in [4.69, 9.17) is 10.5 Å². The van der Waals surface area contributed by atoms with E-state index in [0.29, 0.717) is 6.61 Å². The van der Waals surface area contributed by atoms with Gasteiger partial charge in [0.15, 0.2) is 0 Å². The van der Waals surface area contributed by atoms with Gasteiger partial charge in [-0.3, -0.25) is 0 Å². The van der Waals surface area contributed by atoms with Crippen molar-refractivity contribution in [2.24, 2.45) is 11.1 Å². The van der Waals surface area contributed by atoms with Gasteiger partial charge < -0.3 is 10.5 Å². The van der Waals surface area contributed by atoms with Crippen LogP contribution in [0.2, 0.25) is 0 Å². The Hall–Kier alpha value is -0.0800. The van der Waals surface area contributed by atoms with Crippen LogP contribution < -0.4 is 5.73 Å². The molecule has 0 aromatic rings. The van der Waals surface area contributed by atoms with E-state index in [0.717, 1.165) is 13.0 Å². The van der Waals surface area contributed by atoms with Crippen LogP contribution in [-0.4, -0.2) is 19.3 Å². The molecule has 0 bridgehead atoms. The first-order valence-electron chi connectivity index (χ1n) is 4.31. The van der Waals surface area contributed by atoms with Gasteiger partial charge in [0.1, 0.15) is 0 Å². The molecule has 0 radical (unpaired) electrons. The Labute approximate surface area is 70.1 Å². The smallest absolute Gasteiger partial charge is 0.0622 e. The predicted octanol–water partition coefficient (Wildman–Crippen LogP) is 1.79. The van der Waals surface area contributed by atoms with E-state index < -0.39 is 0 Å². The number of ether oxygens (including phenoxy) is 1. The SMILES string of the molecule is CCCOCC(N)C(C)(C)C. The minimum absolute atomic E-state index is 0.147. The van der Waals surface area contributed by atoms with Gasteiger partial charge in [0.05, 0.1) is 6.61 Å². The lowest BCUT2D eigenvalue weighted by atomic mass is 9.88. The molecule has 68 valence electrons. The highest BCUT2D eigenvalue weighted by atomic mass is 16.5. The van der Waals surface area contributed by atoms with Crippen molar-refractivity contribution < 1.29 is 4.74 Å². The summed E-state index contributed by atoms with van der Waals surface area (Å²) in [7, 11) is 0. The number of rotatable bonds is 4. The van der Waals surface area contributed by atoms with E-state index in [9.17, 15) is 0 Å². The summed E-state index contributed by atoms with van der Waals surface area (Å²) in [5, 5.41) is 0. The highest BCUT2D eigenvalue weighted by molar-refractivity contribution is 4.76. The van der Waals surface area contributed by atoms with Crippen LogP contribution >= 0.6 is 0 Å². The third-order valence-electron chi connectivity index (χ3n) is 1.76. The second-order valence-electron chi connectivity index (χ2n) is 4.05. The standard InChI is InChI=1S/C9H21NO/c1-5-6-11-7-8(10)9(2,3)4/h8H,5-7,10H2,1-4H3. The molecular formula is C9H21NO.